The van der Waals surface area contributed by atoms with Gasteiger partial charge in [0.2, 0.25) is 6.79 Å². The third kappa shape index (κ3) is 4.85. The van der Waals surface area contributed by atoms with Gasteiger partial charge in [-0.1, -0.05) is 18.2 Å². The maximum atomic E-state index is 5.55. The molecule has 5 rings (SSSR count). The lowest BCUT2D eigenvalue weighted by atomic mass is 9.95. The van der Waals surface area contributed by atoms with Gasteiger partial charge in [0.25, 0.3) is 0 Å². The minimum atomic E-state index is 0. The van der Waals surface area contributed by atoms with E-state index in [-0.39, 0.29) is 29.4 Å². The summed E-state index contributed by atoms with van der Waals surface area (Å²) in [6, 6.07) is 16.7. The maximum absolute atomic E-state index is 5.55. The standard InChI is InChI=1S/C24H27N5O2.HI/c1-25-23(26-13-9-18-3-6-20(7-4-18)29-14-2-12-28-29)27-16-24(10-11-24)19-5-8-21-22(15-19)31-17-30-21;/h2-8,12,14-15H,9-11,13,16-17H2,1H3,(H2,25,26,27);1H. The number of halogens is 1. The molecule has 1 aliphatic carbocycles. The lowest BCUT2D eigenvalue weighted by Gasteiger charge is -2.19. The van der Waals surface area contributed by atoms with Crippen molar-refractivity contribution < 1.29 is 9.47 Å². The largest absolute Gasteiger partial charge is 0.454 e. The van der Waals surface area contributed by atoms with Crippen molar-refractivity contribution in [2.24, 2.45) is 4.99 Å². The normalized spacial score (nSPS) is 15.7. The molecule has 0 bridgehead atoms. The van der Waals surface area contributed by atoms with E-state index in [1.165, 1.54) is 24.0 Å². The fourth-order valence-corrected chi connectivity index (χ4v) is 3.98. The summed E-state index contributed by atoms with van der Waals surface area (Å²) in [5.74, 6) is 2.52. The summed E-state index contributed by atoms with van der Waals surface area (Å²) < 4.78 is 12.8. The molecule has 2 heterocycles. The monoisotopic (exact) mass is 545 g/mol. The van der Waals surface area contributed by atoms with E-state index in [1.54, 1.807) is 6.20 Å². The van der Waals surface area contributed by atoms with Crippen LogP contribution in [0.3, 0.4) is 0 Å². The van der Waals surface area contributed by atoms with E-state index in [1.807, 2.05) is 30.1 Å². The van der Waals surface area contributed by atoms with Crippen molar-refractivity contribution in [3.8, 4) is 17.2 Å². The first-order chi connectivity index (χ1) is 15.3. The zero-order valence-corrected chi connectivity index (χ0v) is 20.4. The van der Waals surface area contributed by atoms with Gasteiger partial charge in [0.15, 0.2) is 17.5 Å². The first-order valence-electron chi connectivity index (χ1n) is 10.7. The van der Waals surface area contributed by atoms with Crippen LogP contribution in [0, 0.1) is 0 Å². The van der Waals surface area contributed by atoms with E-state index < -0.39 is 0 Å². The number of hydrogen-bond donors (Lipinski definition) is 2. The molecular formula is C24H28IN5O2. The zero-order valence-electron chi connectivity index (χ0n) is 18.1. The smallest absolute Gasteiger partial charge is 0.231 e. The van der Waals surface area contributed by atoms with Gasteiger partial charge in [0.05, 0.1) is 5.69 Å². The van der Waals surface area contributed by atoms with Crippen LogP contribution in [-0.2, 0) is 11.8 Å². The number of aliphatic imine (C=N–C) groups is 1. The highest BCUT2D eigenvalue weighted by molar-refractivity contribution is 14.0. The lowest BCUT2D eigenvalue weighted by Crippen LogP contribution is -2.41. The molecule has 168 valence electrons. The van der Waals surface area contributed by atoms with Crippen LogP contribution in [0.1, 0.15) is 24.0 Å². The Hall–Kier alpha value is -2.75. The molecule has 0 saturated heterocycles. The van der Waals surface area contributed by atoms with Crippen LogP contribution < -0.4 is 20.1 Å². The first kappa shape index (κ1) is 22.4. The summed E-state index contributed by atoms with van der Waals surface area (Å²) in [6.45, 7) is 1.98. The van der Waals surface area contributed by atoms with Crippen molar-refractivity contribution in [3.05, 3.63) is 72.1 Å². The lowest BCUT2D eigenvalue weighted by molar-refractivity contribution is 0.174. The van der Waals surface area contributed by atoms with Gasteiger partial charge in [-0.2, -0.15) is 5.10 Å². The summed E-state index contributed by atoms with van der Waals surface area (Å²) in [5, 5.41) is 11.2. The second kappa shape index (κ2) is 9.81. The quantitative estimate of drug-likeness (QED) is 0.270. The predicted octanol–water partition coefficient (Wildman–Crippen LogP) is 3.66. The van der Waals surface area contributed by atoms with Gasteiger partial charge in [0, 0.05) is 37.9 Å². The Morgan fingerprint density at radius 2 is 1.91 bits per heavy atom. The maximum Gasteiger partial charge on any atom is 0.231 e. The molecule has 0 radical (unpaired) electrons. The topological polar surface area (TPSA) is 72.7 Å². The van der Waals surface area contributed by atoms with Crippen molar-refractivity contribution in [3.63, 3.8) is 0 Å². The van der Waals surface area contributed by atoms with Gasteiger partial charge in [-0.05, 0) is 60.7 Å². The van der Waals surface area contributed by atoms with E-state index >= 15 is 0 Å². The van der Waals surface area contributed by atoms with Crippen LogP contribution in [0.25, 0.3) is 5.69 Å². The van der Waals surface area contributed by atoms with Crippen LogP contribution >= 0.6 is 24.0 Å². The molecule has 1 aromatic heterocycles. The Balaban J connectivity index is 0.00000245. The Morgan fingerprint density at radius 3 is 2.62 bits per heavy atom. The van der Waals surface area contributed by atoms with Crippen LogP contribution in [0.4, 0.5) is 0 Å². The molecule has 0 atom stereocenters. The van der Waals surface area contributed by atoms with Crippen LogP contribution in [0.2, 0.25) is 0 Å². The van der Waals surface area contributed by atoms with Gasteiger partial charge in [-0.3, -0.25) is 4.99 Å². The second-order valence-electron chi connectivity index (χ2n) is 8.07. The number of nitrogens with one attached hydrogen (secondary N) is 2. The Morgan fingerprint density at radius 1 is 1.09 bits per heavy atom. The number of nitrogens with zero attached hydrogens (tertiary/aromatic N) is 3. The molecule has 2 aromatic carbocycles. The van der Waals surface area contributed by atoms with E-state index in [2.05, 4.69) is 57.1 Å². The number of ether oxygens (including phenoxy) is 2. The summed E-state index contributed by atoms with van der Waals surface area (Å²) in [5.41, 5.74) is 3.80. The average molecular weight is 545 g/mol. The summed E-state index contributed by atoms with van der Waals surface area (Å²) in [6.07, 6.45) is 6.99. The highest BCUT2D eigenvalue weighted by Crippen LogP contribution is 2.49. The molecule has 2 N–H and O–H groups in total. The third-order valence-corrected chi connectivity index (χ3v) is 6.07. The molecule has 2 aliphatic rings. The van der Waals surface area contributed by atoms with E-state index in [0.29, 0.717) is 6.79 Å². The second-order valence-corrected chi connectivity index (χ2v) is 8.07. The van der Waals surface area contributed by atoms with E-state index in [4.69, 9.17) is 9.47 Å². The Bertz CT molecular complexity index is 1060. The van der Waals surface area contributed by atoms with Crippen LogP contribution in [-0.4, -0.2) is 42.7 Å². The average Bonchev–Trinajstić information content (AvgIpc) is 3.18. The summed E-state index contributed by atoms with van der Waals surface area (Å²) in [4.78, 5) is 4.39. The number of benzene rings is 2. The highest BCUT2D eigenvalue weighted by atomic mass is 127. The van der Waals surface area contributed by atoms with Gasteiger partial charge in [0.1, 0.15) is 0 Å². The van der Waals surface area contributed by atoms with Crippen molar-refractivity contribution in [1.82, 2.24) is 20.4 Å². The molecule has 1 saturated carbocycles. The molecule has 0 spiro atoms. The number of hydrogen-bond acceptors (Lipinski definition) is 4. The molecule has 32 heavy (non-hydrogen) atoms. The Kier molecular flexibility index (Phi) is 6.88. The summed E-state index contributed by atoms with van der Waals surface area (Å²) >= 11 is 0. The molecule has 0 unspecified atom stereocenters. The first-order valence-corrected chi connectivity index (χ1v) is 10.7. The molecular weight excluding hydrogens is 517 g/mol. The van der Waals surface area contributed by atoms with Crippen LogP contribution in [0.5, 0.6) is 11.5 Å². The van der Waals surface area contributed by atoms with Gasteiger partial charge in [-0.25, -0.2) is 4.68 Å². The highest BCUT2D eigenvalue weighted by Gasteiger charge is 2.44. The Labute approximate surface area is 205 Å². The minimum absolute atomic E-state index is 0. The third-order valence-electron chi connectivity index (χ3n) is 6.07. The molecule has 1 fully saturated rings. The van der Waals surface area contributed by atoms with E-state index in [9.17, 15) is 0 Å². The van der Waals surface area contributed by atoms with Crippen molar-refractivity contribution in [1.29, 1.82) is 0 Å². The van der Waals surface area contributed by atoms with Gasteiger partial charge in [-0.15, -0.1) is 24.0 Å². The minimum Gasteiger partial charge on any atom is -0.454 e. The number of fused-ring (bicyclic) bond motifs is 1. The number of guanidine groups is 1. The predicted molar refractivity (Wildman–Crippen MR) is 136 cm³/mol. The van der Waals surface area contributed by atoms with Gasteiger partial charge >= 0.3 is 0 Å². The molecule has 7 nitrogen and oxygen atoms in total. The van der Waals surface area contributed by atoms with Gasteiger partial charge < -0.3 is 20.1 Å². The molecule has 8 heteroatoms. The number of aromatic nitrogens is 2. The SMILES string of the molecule is CN=C(NCCc1ccc(-n2cccn2)cc1)NCC1(c2ccc3c(c2)OCO3)CC1.I. The fraction of sp³-hybridized carbons (Fsp3) is 0.333. The number of rotatable bonds is 7. The molecule has 0 amide bonds. The zero-order chi connectivity index (χ0) is 21.1. The van der Waals surface area contributed by atoms with E-state index in [0.717, 1.165) is 42.7 Å². The molecule has 1 aliphatic heterocycles. The van der Waals surface area contributed by atoms with Crippen molar-refractivity contribution in [2.75, 3.05) is 26.9 Å². The summed E-state index contributed by atoms with van der Waals surface area (Å²) in [7, 11) is 1.81. The van der Waals surface area contributed by atoms with Crippen LogP contribution in [0.15, 0.2) is 65.9 Å². The fourth-order valence-electron chi connectivity index (χ4n) is 3.98. The van der Waals surface area contributed by atoms with Crippen molar-refractivity contribution >= 4 is 29.9 Å². The van der Waals surface area contributed by atoms with Crippen molar-refractivity contribution in [2.45, 2.75) is 24.7 Å². The molecule has 3 aromatic rings.